The Bertz CT molecular complexity index is 526. The van der Waals surface area contributed by atoms with E-state index in [1.54, 1.807) is 6.07 Å². The van der Waals surface area contributed by atoms with Crippen molar-refractivity contribution in [1.82, 2.24) is 5.32 Å². The van der Waals surface area contributed by atoms with Gasteiger partial charge in [0.2, 0.25) is 5.91 Å². The number of amides is 1. The van der Waals surface area contributed by atoms with E-state index in [2.05, 4.69) is 10.6 Å². The first-order valence-electron chi connectivity index (χ1n) is 8.14. The Morgan fingerprint density at radius 1 is 1.29 bits per heavy atom. The average molecular weight is 361 g/mol. The predicted molar refractivity (Wildman–Crippen MR) is 98.0 cm³/mol. The number of fused-ring (bicyclic) bond motifs is 1. The first kappa shape index (κ1) is 22.7. The number of nitrogens with one attached hydrogen (secondary N) is 2. The molecule has 0 saturated carbocycles. The van der Waals surface area contributed by atoms with Gasteiger partial charge in [-0.2, -0.15) is 0 Å². The van der Waals surface area contributed by atoms with Gasteiger partial charge in [0.25, 0.3) is 0 Å². The lowest BCUT2D eigenvalue weighted by atomic mass is 9.93. The molecule has 6 nitrogen and oxygen atoms in total. The monoisotopic (exact) mass is 360 g/mol. The van der Waals surface area contributed by atoms with E-state index >= 15 is 0 Å². The number of hydrogen-bond acceptors (Lipinski definition) is 4. The van der Waals surface area contributed by atoms with Crippen LogP contribution < -0.4 is 10.6 Å². The van der Waals surface area contributed by atoms with Crippen molar-refractivity contribution < 1.29 is 20.5 Å². The summed E-state index contributed by atoms with van der Waals surface area (Å²) < 4.78 is 0. The van der Waals surface area contributed by atoms with Gasteiger partial charge in [-0.3, -0.25) is 4.79 Å². The summed E-state index contributed by atoms with van der Waals surface area (Å²) in [5, 5.41) is 25.3. The standard InChI is InChI=1S/C17H26N2O3.ClH.H2O/c1-2-13(20)11-18-10-4-3-5-12-6-8-15(21)17-14(12)7-9-16(22)19-17;;/h6,8,13,18,20-21H,2-5,7,9-11H2,1H3,(H,19,22);1H;1H2. The topological polar surface area (TPSA) is 113 Å². The Hall–Kier alpha value is -1.34. The molecule has 0 saturated heterocycles. The maximum atomic E-state index is 11.5. The highest BCUT2D eigenvalue weighted by Crippen LogP contribution is 2.34. The molecule has 0 radical (unpaired) electrons. The average Bonchev–Trinajstić information content (AvgIpc) is 2.52. The Balaban J connectivity index is 0.00000264. The minimum atomic E-state index is -0.257. The zero-order valence-corrected chi connectivity index (χ0v) is 14.9. The van der Waals surface area contributed by atoms with Crippen LogP contribution in [0.3, 0.4) is 0 Å². The lowest BCUT2D eigenvalue weighted by Crippen LogP contribution is -2.27. The van der Waals surface area contributed by atoms with Gasteiger partial charge in [-0.05, 0) is 55.8 Å². The number of rotatable bonds is 8. The van der Waals surface area contributed by atoms with Gasteiger partial charge in [0.1, 0.15) is 5.75 Å². The maximum absolute atomic E-state index is 11.5. The fourth-order valence-corrected chi connectivity index (χ4v) is 2.76. The lowest BCUT2D eigenvalue weighted by molar-refractivity contribution is -0.116. The zero-order chi connectivity index (χ0) is 15.9. The van der Waals surface area contributed by atoms with Gasteiger partial charge in [0.05, 0.1) is 11.8 Å². The second kappa shape index (κ2) is 11.3. The summed E-state index contributed by atoms with van der Waals surface area (Å²) in [6.45, 7) is 3.52. The number of carbonyl (C=O) groups is 1. The second-order valence-electron chi connectivity index (χ2n) is 5.87. The van der Waals surface area contributed by atoms with E-state index < -0.39 is 0 Å². The van der Waals surface area contributed by atoms with E-state index in [1.807, 2.05) is 13.0 Å². The molecular formula is C17H29ClN2O4. The van der Waals surface area contributed by atoms with Gasteiger partial charge < -0.3 is 26.3 Å². The highest BCUT2D eigenvalue weighted by atomic mass is 35.5. The third-order valence-corrected chi connectivity index (χ3v) is 4.16. The van der Waals surface area contributed by atoms with E-state index in [0.29, 0.717) is 25.1 Å². The van der Waals surface area contributed by atoms with Gasteiger partial charge in [-0.1, -0.05) is 13.0 Å². The van der Waals surface area contributed by atoms with Crippen LogP contribution in [-0.4, -0.2) is 40.8 Å². The second-order valence-corrected chi connectivity index (χ2v) is 5.87. The molecule has 1 aliphatic heterocycles. The number of phenolic OH excluding ortho intramolecular Hbond substituents is 1. The number of anilines is 1. The Morgan fingerprint density at radius 3 is 2.75 bits per heavy atom. The van der Waals surface area contributed by atoms with Crippen LogP contribution in [0.4, 0.5) is 5.69 Å². The van der Waals surface area contributed by atoms with Crippen molar-refractivity contribution in [1.29, 1.82) is 0 Å². The minimum Gasteiger partial charge on any atom is -0.506 e. The van der Waals surface area contributed by atoms with Gasteiger partial charge in [-0.25, -0.2) is 0 Å². The quantitative estimate of drug-likeness (QED) is 0.416. The number of benzene rings is 1. The molecule has 0 fully saturated rings. The van der Waals surface area contributed by atoms with Crippen molar-refractivity contribution in [3.8, 4) is 5.75 Å². The van der Waals surface area contributed by atoms with E-state index in [9.17, 15) is 15.0 Å². The van der Waals surface area contributed by atoms with E-state index in [4.69, 9.17) is 0 Å². The van der Waals surface area contributed by atoms with Crippen LogP contribution in [0.1, 0.15) is 43.7 Å². The third kappa shape index (κ3) is 6.28. The summed E-state index contributed by atoms with van der Waals surface area (Å²) in [7, 11) is 0. The summed E-state index contributed by atoms with van der Waals surface area (Å²) in [5.41, 5.74) is 2.88. The fraction of sp³-hybridized carbons (Fsp3) is 0.588. The largest absolute Gasteiger partial charge is 0.506 e. The van der Waals surface area contributed by atoms with Crippen molar-refractivity contribution in [3.63, 3.8) is 0 Å². The SMILES string of the molecule is CCC(O)CNCCCCc1ccc(O)c2c1CCC(=O)N2.Cl.O. The maximum Gasteiger partial charge on any atom is 0.224 e. The van der Waals surface area contributed by atoms with Gasteiger partial charge >= 0.3 is 0 Å². The fourth-order valence-electron chi connectivity index (χ4n) is 2.76. The van der Waals surface area contributed by atoms with Gasteiger partial charge in [-0.15, -0.1) is 12.4 Å². The number of aryl methyl sites for hydroxylation is 1. The van der Waals surface area contributed by atoms with Crippen LogP contribution in [0.25, 0.3) is 0 Å². The van der Waals surface area contributed by atoms with Gasteiger partial charge in [0, 0.05) is 13.0 Å². The number of aliphatic hydroxyl groups is 1. The molecule has 1 aromatic rings. The number of halogens is 1. The molecule has 2 rings (SSSR count). The number of aliphatic hydroxyl groups excluding tert-OH is 1. The molecule has 1 amide bonds. The van der Waals surface area contributed by atoms with E-state index in [0.717, 1.165) is 37.8 Å². The van der Waals surface area contributed by atoms with Crippen LogP contribution in [0, 0.1) is 0 Å². The zero-order valence-electron chi connectivity index (χ0n) is 14.1. The number of carbonyl (C=O) groups excluding carboxylic acids is 1. The molecule has 0 spiro atoms. The molecule has 1 aromatic carbocycles. The van der Waals surface area contributed by atoms with Gasteiger partial charge in [0.15, 0.2) is 0 Å². The molecule has 138 valence electrons. The molecule has 1 atom stereocenters. The Labute approximate surface area is 149 Å². The molecule has 1 heterocycles. The molecule has 0 aromatic heterocycles. The predicted octanol–water partition coefficient (Wildman–Crippen LogP) is 1.56. The van der Waals surface area contributed by atoms with Crippen molar-refractivity contribution in [2.45, 2.75) is 51.6 Å². The van der Waals surface area contributed by atoms with E-state index in [1.165, 1.54) is 5.56 Å². The number of hydrogen-bond donors (Lipinski definition) is 4. The summed E-state index contributed by atoms with van der Waals surface area (Å²) in [6.07, 6.45) is 4.73. The first-order valence-corrected chi connectivity index (χ1v) is 8.14. The first-order chi connectivity index (χ1) is 10.6. The summed E-state index contributed by atoms with van der Waals surface area (Å²) in [6, 6.07) is 3.62. The summed E-state index contributed by atoms with van der Waals surface area (Å²) in [5.74, 6) is 0.126. The molecule has 7 heteroatoms. The van der Waals surface area contributed by atoms with Crippen LogP contribution in [0.2, 0.25) is 0 Å². The minimum absolute atomic E-state index is 0. The normalized spacial score (nSPS) is 14.0. The summed E-state index contributed by atoms with van der Waals surface area (Å²) in [4.78, 5) is 11.5. The third-order valence-electron chi connectivity index (χ3n) is 4.16. The number of phenols is 1. The Morgan fingerprint density at radius 2 is 2.04 bits per heavy atom. The van der Waals surface area contributed by atoms with Crippen LogP contribution in [0.15, 0.2) is 12.1 Å². The van der Waals surface area contributed by atoms with E-state index in [-0.39, 0.29) is 35.6 Å². The van der Waals surface area contributed by atoms with Crippen LogP contribution in [0.5, 0.6) is 5.75 Å². The number of unbranched alkanes of at least 4 members (excludes halogenated alkanes) is 1. The molecular weight excluding hydrogens is 332 g/mol. The molecule has 0 bridgehead atoms. The van der Waals surface area contributed by atoms with Crippen LogP contribution in [-0.2, 0) is 17.6 Å². The molecule has 24 heavy (non-hydrogen) atoms. The smallest absolute Gasteiger partial charge is 0.224 e. The highest BCUT2D eigenvalue weighted by Gasteiger charge is 2.20. The van der Waals surface area contributed by atoms with Crippen molar-refractivity contribution in [3.05, 3.63) is 23.3 Å². The molecule has 6 N–H and O–H groups in total. The van der Waals surface area contributed by atoms with Crippen LogP contribution >= 0.6 is 12.4 Å². The number of aromatic hydroxyl groups is 1. The summed E-state index contributed by atoms with van der Waals surface area (Å²) >= 11 is 0. The highest BCUT2D eigenvalue weighted by molar-refractivity contribution is 5.95. The van der Waals surface area contributed by atoms with Crippen molar-refractivity contribution in [2.24, 2.45) is 0 Å². The lowest BCUT2D eigenvalue weighted by Gasteiger charge is -2.21. The van der Waals surface area contributed by atoms with Crippen molar-refractivity contribution >= 4 is 24.0 Å². The molecule has 1 unspecified atom stereocenters. The van der Waals surface area contributed by atoms with Crippen molar-refractivity contribution in [2.75, 3.05) is 18.4 Å². The Kier molecular flexibility index (Phi) is 10.6. The molecule has 1 aliphatic rings. The molecule has 0 aliphatic carbocycles.